The van der Waals surface area contributed by atoms with Crippen molar-refractivity contribution in [1.82, 2.24) is 21.3 Å². The van der Waals surface area contributed by atoms with E-state index in [0.29, 0.717) is 12.8 Å². The van der Waals surface area contributed by atoms with Crippen molar-refractivity contribution in [2.45, 2.75) is 32.0 Å². The van der Waals surface area contributed by atoms with Crippen LogP contribution in [-0.4, -0.2) is 62.2 Å². The molecule has 1 heterocycles. The summed E-state index contributed by atoms with van der Waals surface area (Å²) in [7, 11) is 1.44. The summed E-state index contributed by atoms with van der Waals surface area (Å²) in [5.41, 5.74) is 1.60. The third-order valence-corrected chi connectivity index (χ3v) is 5.59. The summed E-state index contributed by atoms with van der Waals surface area (Å²) in [4.78, 5) is 71.6. The maximum atomic E-state index is 12.9. The Morgan fingerprint density at radius 3 is 2.18 bits per heavy atom. The van der Waals surface area contributed by atoms with Crippen LogP contribution in [0.2, 0.25) is 0 Å². The summed E-state index contributed by atoms with van der Waals surface area (Å²) in [6, 6.07) is 10.7. The predicted molar refractivity (Wildman–Crippen MR) is 133 cm³/mol. The van der Waals surface area contributed by atoms with Crippen LogP contribution in [0.25, 0.3) is 0 Å². The van der Waals surface area contributed by atoms with Gasteiger partial charge in [-0.3, -0.25) is 34.1 Å². The predicted octanol–water partition coefficient (Wildman–Crippen LogP) is -0.00810. The number of carbonyl (C=O) groups excluding carboxylic acids is 6. The average Bonchev–Trinajstić information content (AvgIpc) is 2.91. The van der Waals surface area contributed by atoms with Gasteiger partial charge in [-0.1, -0.05) is 36.4 Å². The van der Waals surface area contributed by atoms with Gasteiger partial charge in [0.1, 0.15) is 18.4 Å². The van der Waals surface area contributed by atoms with E-state index in [1.54, 1.807) is 0 Å². The maximum absolute atomic E-state index is 12.9. The van der Waals surface area contributed by atoms with E-state index < -0.39 is 36.3 Å². The first-order chi connectivity index (χ1) is 18.3. The molecule has 1 unspecified atom stereocenters. The average molecular weight is 525 g/mol. The molecule has 0 aromatic heterocycles. The van der Waals surface area contributed by atoms with Gasteiger partial charge in [0.15, 0.2) is 12.9 Å². The summed E-state index contributed by atoms with van der Waals surface area (Å²) in [5, 5.41) is 10.1. The number of aldehydes is 1. The van der Waals surface area contributed by atoms with E-state index in [-0.39, 0.29) is 48.8 Å². The molecular weight excluding hydrogens is 496 g/mol. The monoisotopic (exact) mass is 524 g/mol. The number of methoxy groups -OCH3 is 1. The second kappa shape index (κ2) is 13.7. The van der Waals surface area contributed by atoms with Crippen LogP contribution in [0.1, 0.15) is 44.7 Å². The van der Waals surface area contributed by atoms with Crippen LogP contribution in [0.5, 0.6) is 5.75 Å². The number of hydrogen-bond donors (Lipinski definition) is 4. The van der Waals surface area contributed by atoms with Gasteiger partial charge in [-0.15, -0.1) is 0 Å². The Morgan fingerprint density at radius 2 is 1.61 bits per heavy atom. The Labute approximate surface area is 218 Å². The number of benzene rings is 2. The molecule has 2 aromatic carbocycles. The minimum Gasteiger partial charge on any atom is -0.483 e. The second-order valence-electron chi connectivity index (χ2n) is 8.41. The lowest BCUT2D eigenvalue weighted by atomic mass is 10.0. The molecule has 0 spiro atoms. The van der Waals surface area contributed by atoms with Crippen LogP contribution in [0.15, 0.2) is 42.5 Å². The lowest BCUT2D eigenvalue weighted by Gasteiger charge is -2.22. The first-order valence-electron chi connectivity index (χ1n) is 11.8. The van der Waals surface area contributed by atoms with Crippen LogP contribution in [0, 0.1) is 0 Å². The minimum atomic E-state index is -0.941. The molecule has 0 aliphatic carbocycles. The molecule has 3 rings (SSSR count). The van der Waals surface area contributed by atoms with Crippen molar-refractivity contribution in [3.63, 3.8) is 0 Å². The Bertz CT molecular complexity index is 1210. The topological polar surface area (TPSA) is 169 Å². The summed E-state index contributed by atoms with van der Waals surface area (Å²) >= 11 is 0. The molecule has 200 valence electrons. The van der Waals surface area contributed by atoms with E-state index in [1.807, 2.05) is 24.3 Å². The summed E-state index contributed by atoms with van der Waals surface area (Å²) in [6.45, 7) is 0.125. The van der Waals surface area contributed by atoms with Gasteiger partial charge < -0.3 is 25.4 Å². The zero-order valence-corrected chi connectivity index (χ0v) is 20.7. The van der Waals surface area contributed by atoms with E-state index in [9.17, 15) is 28.8 Å². The molecule has 1 aliphatic heterocycles. The van der Waals surface area contributed by atoms with Crippen LogP contribution >= 0.6 is 0 Å². The fourth-order valence-electron chi connectivity index (χ4n) is 3.62. The molecule has 12 heteroatoms. The van der Waals surface area contributed by atoms with Crippen LogP contribution < -0.4 is 26.0 Å². The highest BCUT2D eigenvalue weighted by Crippen LogP contribution is 2.22. The molecule has 4 N–H and O–H groups in total. The Kier molecular flexibility index (Phi) is 10.1. The zero-order chi connectivity index (χ0) is 27.5. The number of amides is 5. The van der Waals surface area contributed by atoms with E-state index in [2.05, 4.69) is 21.3 Å². The normalized spacial score (nSPS) is 14.7. The van der Waals surface area contributed by atoms with Gasteiger partial charge in [-0.05, 0) is 23.6 Å². The summed E-state index contributed by atoms with van der Waals surface area (Å²) in [5.74, 6) is -2.49. The number of rotatable bonds is 12. The maximum Gasteiger partial charge on any atom is 0.258 e. The van der Waals surface area contributed by atoms with E-state index >= 15 is 0 Å². The largest absolute Gasteiger partial charge is 0.483 e. The Hall–Kier alpha value is -4.58. The second-order valence-corrected chi connectivity index (χ2v) is 8.41. The highest BCUT2D eigenvalue weighted by molar-refractivity contribution is 6.07. The highest BCUT2D eigenvalue weighted by Gasteiger charge is 2.29. The quantitative estimate of drug-likeness (QED) is 0.222. The van der Waals surface area contributed by atoms with Crippen molar-refractivity contribution in [3.05, 3.63) is 64.7 Å². The van der Waals surface area contributed by atoms with Crippen molar-refractivity contribution in [1.29, 1.82) is 0 Å². The number of imide groups is 1. The first kappa shape index (κ1) is 28.0. The third kappa shape index (κ3) is 7.96. The van der Waals surface area contributed by atoms with Gasteiger partial charge in [0.25, 0.3) is 11.8 Å². The van der Waals surface area contributed by atoms with Crippen molar-refractivity contribution in [3.8, 4) is 5.75 Å². The lowest BCUT2D eigenvalue weighted by Crippen LogP contribution is -2.52. The fourth-order valence-corrected chi connectivity index (χ4v) is 3.62. The lowest BCUT2D eigenvalue weighted by molar-refractivity contribution is -0.134. The first-order valence-corrected chi connectivity index (χ1v) is 11.8. The molecule has 1 saturated heterocycles. The SMILES string of the molecule is COCC(=O)NCc1ccc(CNC(=O)COc2cccc(C=O)c2C(=O)NC2CCC(=O)NC2=O)cc1. The molecule has 0 radical (unpaired) electrons. The molecule has 2 aromatic rings. The summed E-state index contributed by atoms with van der Waals surface area (Å²) < 4.78 is 10.3. The molecule has 5 amide bonds. The Balaban J connectivity index is 1.54. The van der Waals surface area contributed by atoms with E-state index in [0.717, 1.165) is 11.1 Å². The van der Waals surface area contributed by atoms with Gasteiger partial charge in [-0.25, -0.2) is 0 Å². The van der Waals surface area contributed by atoms with Crippen molar-refractivity contribution >= 4 is 35.8 Å². The molecule has 1 fully saturated rings. The van der Waals surface area contributed by atoms with Gasteiger partial charge >= 0.3 is 0 Å². The smallest absolute Gasteiger partial charge is 0.258 e. The zero-order valence-electron chi connectivity index (χ0n) is 20.7. The number of piperidine rings is 1. The van der Waals surface area contributed by atoms with Crippen LogP contribution in [0.3, 0.4) is 0 Å². The van der Waals surface area contributed by atoms with Crippen LogP contribution in [0.4, 0.5) is 0 Å². The minimum absolute atomic E-state index is 0.00517. The van der Waals surface area contributed by atoms with Crippen molar-refractivity contribution in [2.75, 3.05) is 20.3 Å². The van der Waals surface area contributed by atoms with Gasteiger partial charge in [0.05, 0.1) is 5.56 Å². The van der Waals surface area contributed by atoms with E-state index in [1.165, 1.54) is 25.3 Å². The van der Waals surface area contributed by atoms with Gasteiger partial charge in [-0.2, -0.15) is 0 Å². The highest BCUT2D eigenvalue weighted by atomic mass is 16.5. The molecule has 0 bridgehead atoms. The molecular formula is C26H28N4O8. The molecule has 0 saturated carbocycles. The molecule has 1 aliphatic rings. The van der Waals surface area contributed by atoms with Gasteiger partial charge in [0, 0.05) is 32.2 Å². The number of nitrogens with one attached hydrogen (secondary N) is 4. The number of hydrogen-bond acceptors (Lipinski definition) is 8. The molecule has 12 nitrogen and oxygen atoms in total. The van der Waals surface area contributed by atoms with Gasteiger partial charge in [0.2, 0.25) is 17.7 Å². The Morgan fingerprint density at radius 1 is 0.974 bits per heavy atom. The third-order valence-electron chi connectivity index (χ3n) is 5.59. The van der Waals surface area contributed by atoms with Crippen molar-refractivity contribution < 1.29 is 38.2 Å². The number of carbonyl (C=O) groups is 6. The standard InChI is InChI=1S/C26H28N4O8/c1-37-14-22(33)27-11-16-5-7-17(8-6-16)12-28-23(34)15-38-20-4-2-3-18(13-31)24(20)26(36)29-19-9-10-21(32)30-25(19)35/h2-8,13,19H,9-12,14-15H2,1H3,(H,27,33)(H,28,34)(H,29,36)(H,30,32,35). The van der Waals surface area contributed by atoms with Crippen molar-refractivity contribution in [2.24, 2.45) is 0 Å². The van der Waals surface area contributed by atoms with Crippen LogP contribution in [-0.2, 0) is 37.0 Å². The number of ether oxygens (including phenoxy) is 2. The van der Waals surface area contributed by atoms with E-state index in [4.69, 9.17) is 9.47 Å². The molecule has 38 heavy (non-hydrogen) atoms. The fraction of sp³-hybridized carbons (Fsp3) is 0.308. The summed E-state index contributed by atoms with van der Waals surface area (Å²) in [6.07, 6.45) is 0.671. The molecule has 1 atom stereocenters.